The van der Waals surface area contributed by atoms with E-state index in [2.05, 4.69) is 59.4 Å². The summed E-state index contributed by atoms with van der Waals surface area (Å²) in [6, 6.07) is 12.7. The van der Waals surface area contributed by atoms with Crippen molar-refractivity contribution in [2.45, 2.75) is 20.4 Å². The number of hydrogen-bond acceptors (Lipinski definition) is 3. The van der Waals surface area contributed by atoms with E-state index in [9.17, 15) is 0 Å². The predicted octanol–water partition coefficient (Wildman–Crippen LogP) is 3.46. The summed E-state index contributed by atoms with van der Waals surface area (Å²) in [6.45, 7) is 6.17. The van der Waals surface area contributed by atoms with Crippen molar-refractivity contribution in [1.82, 2.24) is 4.98 Å². The molecule has 0 fully saturated rings. The Labute approximate surface area is 115 Å². The highest BCUT2D eigenvalue weighted by molar-refractivity contribution is 5.49. The third-order valence-electron chi connectivity index (χ3n) is 3.20. The molecule has 100 valence electrons. The minimum absolute atomic E-state index is 0.886. The molecule has 1 N–H and O–H groups in total. The minimum atomic E-state index is 0.886. The maximum absolute atomic E-state index is 4.36. The fourth-order valence-corrected chi connectivity index (χ4v) is 2.10. The van der Waals surface area contributed by atoms with Crippen LogP contribution in [0.3, 0.4) is 0 Å². The van der Waals surface area contributed by atoms with Crippen LogP contribution in [0.1, 0.15) is 18.1 Å². The summed E-state index contributed by atoms with van der Waals surface area (Å²) in [6.07, 6.45) is 1.93. The molecule has 0 radical (unpaired) electrons. The molecule has 0 amide bonds. The van der Waals surface area contributed by atoms with Gasteiger partial charge in [-0.1, -0.05) is 18.2 Å². The van der Waals surface area contributed by atoms with Crippen LogP contribution in [-0.2, 0) is 6.54 Å². The van der Waals surface area contributed by atoms with E-state index >= 15 is 0 Å². The number of pyridine rings is 1. The van der Waals surface area contributed by atoms with Crippen molar-refractivity contribution in [3.63, 3.8) is 0 Å². The number of aromatic nitrogens is 1. The average molecular weight is 255 g/mol. The summed E-state index contributed by atoms with van der Waals surface area (Å²) >= 11 is 0. The topological polar surface area (TPSA) is 28.2 Å². The molecule has 0 aliphatic heterocycles. The SMILES string of the molecule is CCN(Cc1ccc(NC)nc1)c1cccc(C)c1. The Kier molecular flexibility index (Phi) is 4.39. The molecule has 19 heavy (non-hydrogen) atoms. The number of nitrogens with zero attached hydrogens (tertiary/aromatic N) is 2. The number of nitrogens with one attached hydrogen (secondary N) is 1. The Hall–Kier alpha value is -2.03. The Morgan fingerprint density at radius 1 is 1.21 bits per heavy atom. The van der Waals surface area contributed by atoms with Gasteiger partial charge >= 0.3 is 0 Å². The number of rotatable bonds is 5. The lowest BCUT2D eigenvalue weighted by atomic mass is 10.2. The summed E-state index contributed by atoms with van der Waals surface area (Å²) in [5, 5.41) is 3.04. The zero-order valence-corrected chi connectivity index (χ0v) is 11.9. The van der Waals surface area contributed by atoms with E-state index in [0.29, 0.717) is 0 Å². The molecular weight excluding hydrogens is 234 g/mol. The van der Waals surface area contributed by atoms with Gasteiger partial charge in [0.1, 0.15) is 5.82 Å². The molecule has 0 unspecified atom stereocenters. The van der Waals surface area contributed by atoms with E-state index in [1.54, 1.807) is 0 Å². The molecule has 1 heterocycles. The zero-order valence-electron chi connectivity index (χ0n) is 11.9. The van der Waals surface area contributed by atoms with E-state index < -0.39 is 0 Å². The summed E-state index contributed by atoms with van der Waals surface area (Å²) < 4.78 is 0. The fourth-order valence-electron chi connectivity index (χ4n) is 2.10. The van der Waals surface area contributed by atoms with Gasteiger partial charge in [-0.2, -0.15) is 0 Å². The minimum Gasteiger partial charge on any atom is -0.373 e. The van der Waals surface area contributed by atoms with E-state index in [4.69, 9.17) is 0 Å². The number of benzene rings is 1. The highest BCUT2D eigenvalue weighted by Crippen LogP contribution is 2.18. The van der Waals surface area contributed by atoms with E-state index in [-0.39, 0.29) is 0 Å². The maximum atomic E-state index is 4.36. The van der Waals surface area contributed by atoms with Gasteiger partial charge in [0.15, 0.2) is 0 Å². The molecule has 0 saturated heterocycles. The van der Waals surface area contributed by atoms with Crippen LogP contribution in [0.5, 0.6) is 0 Å². The van der Waals surface area contributed by atoms with Gasteiger partial charge in [0.2, 0.25) is 0 Å². The predicted molar refractivity (Wildman–Crippen MR) is 81.7 cm³/mol. The first kappa shape index (κ1) is 13.4. The van der Waals surface area contributed by atoms with Gasteiger partial charge in [0.25, 0.3) is 0 Å². The molecule has 3 heteroatoms. The van der Waals surface area contributed by atoms with Crippen LogP contribution < -0.4 is 10.2 Å². The van der Waals surface area contributed by atoms with Crippen molar-refractivity contribution in [3.05, 3.63) is 53.7 Å². The summed E-state index contributed by atoms with van der Waals surface area (Å²) in [5.74, 6) is 0.905. The number of hydrogen-bond donors (Lipinski definition) is 1. The van der Waals surface area contributed by atoms with Crippen molar-refractivity contribution in [3.8, 4) is 0 Å². The first-order chi connectivity index (χ1) is 9.22. The van der Waals surface area contributed by atoms with Crippen LogP contribution in [-0.4, -0.2) is 18.6 Å². The van der Waals surface area contributed by atoms with Gasteiger partial charge in [-0.15, -0.1) is 0 Å². The van der Waals surface area contributed by atoms with Crippen molar-refractivity contribution in [2.75, 3.05) is 23.8 Å². The standard InChI is InChI=1S/C16H21N3/c1-4-19(15-7-5-6-13(2)10-15)12-14-8-9-16(17-3)18-11-14/h5-11H,4,12H2,1-3H3,(H,17,18). The second-order valence-corrected chi connectivity index (χ2v) is 4.65. The number of anilines is 2. The lowest BCUT2D eigenvalue weighted by Crippen LogP contribution is -2.22. The summed E-state index contributed by atoms with van der Waals surface area (Å²) in [4.78, 5) is 6.71. The Morgan fingerprint density at radius 2 is 2.05 bits per heavy atom. The normalized spacial score (nSPS) is 10.3. The van der Waals surface area contributed by atoms with Crippen molar-refractivity contribution < 1.29 is 0 Å². The average Bonchev–Trinajstić information content (AvgIpc) is 2.45. The fraction of sp³-hybridized carbons (Fsp3) is 0.312. The molecule has 2 rings (SSSR count). The van der Waals surface area contributed by atoms with Crippen LogP contribution in [0.2, 0.25) is 0 Å². The van der Waals surface area contributed by atoms with Gasteiger partial charge in [-0.25, -0.2) is 4.98 Å². The highest BCUT2D eigenvalue weighted by atomic mass is 15.1. The van der Waals surface area contributed by atoms with Crippen LogP contribution in [0, 0.1) is 6.92 Å². The lowest BCUT2D eigenvalue weighted by molar-refractivity contribution is 0.828. The third kappa shape index (κ3) is 3.47. The molecule has 0 bridgehead atoms. The van der Waals surface area contributed by atoms with E-state index in [1.165, 1.54) is 16.8 Å². The van der Waals surface area contributed by atoms with Gasteiger partial charge in [0.05, 0.1) is 0 Å². The van der Waals surface area contributed by atoms with Crippen molar-refractivity contribution >= 4 is 11.5 Å². The van der Waals surface area contributed by atoms with Gasteiger partial charge in [-0.3, -0.25) is 0 Å². The van der Waals surface area contributed by atoms with E-state index in [0.717, 1.165) is 18.9 Å². The molecule has 0 spiro atoms. The Bertz CT molecular complexity index is 520. The highest BCUT2D eigenvalue weighted by Gasteiger charge is 2.05. The molecule has 0 saturated carbocycles. The molecule has 1 aromatic carbocycles. The third-order valence-corrected chi connectivity index (χ3v) is 3.20. The molecule has 0 aliphatic rings. The smallest absolute Gasteiger partial charge is 0.125 e. The molecule has 3 nitrogen and oxygen atoms in total. The maximum Gasteiger partial charge on any atom is 0.125 e. The first-order valence-electron chi connectivity index (χ1n) is 6.67. The van der Waals surface area contributed by atoms with Crippen molar-refractivity contribution in [2.24, 2.45) is 0 Å². The quantitative estimate of drug-likeness (QED) is 0.887. The first-order valence-corrected chi connectivity index (χ1v) is 6.67. The van der Waals surface area contributed by atoms with Crippen LogP contribution in [0.4, 0.5) is 11.5 Å². The van der Waals surface area contributed by atoms with Crippen LogP contribution in [0.15, 0.2) is 42.6 Å². The zero-order chi connectivity index (χ0) is 13.7. The van der Waals surface area contributed by atoms with Gasteiger partial charge in [-0.05, 0) is 43.2 Å². The second-order valence-electron chi connectivity index (χ2n) is 4.65. The van der Waals surface area contributed by atoms with Crippen LogP contribution >= 0.6 is 0 Å². The lowest BCUT2D eigenvalue weighted by Gasteiger charge is -2.23. The molecule has 2 aromatic rings. The van der Waals surface area contributed by atoms with Crippen molar-refractivity contribution in [1.29, 1.82) is 0 Å². The molecule has 0 atom stereocenters. The number of aryl methyl sites for hydroxylation is 1. The molecule has 1 aromatic heterocycles. The molecule has 0 aliphatic carbocycles. The van der Waals surface area contributed by atoms with E-state index in [1.807, 2.05) is 19.3 Å². The largest absolute Gasteiger partial charge is 0.373 e. The monoisotopic (exact) mass is 255 g/mol. The summed E-state index contributed by atoms with van der Waals surface area (Å²) in [7, 11) is 1.88. The second kappa shape index (κ2) is 6.23. The summed E-state index contributed by atoms with van der Waals surface area (Å²) in [5.41, 5.74) is 3.78. The Morgan fingerprint density at radius 3 is 2.63 bits per heavy atom. The Balaban J connectivity index is 2.14. The van der Waals surface area contributed by atoms with Gasteiger partial charge < -0.3 is 10.2 Å². The molecular formula is C16H21N3. The van der Waals surface area contributed by atoms with Crippen LogP contribution in [0.25, 0.3) is 0 Å². The van der Waals surface area contributed by atoms with Gasteiger partial charge in [0, 0.05) is 32.0 Å².